The summed E-state index contributed by atoms with van der Waals surface area (Å²) in [5, 5.41) is 2.42. The molecule has 8 nitrogen and oxygen atoms in total. The number of benzene rings is 2. The number of hydrogen-bond donors (Lipinski definition) is 3. The standard InChI is InChI=1S/C19H17ClFN2O6PS/c1-10(2)28-12-5-11(18(24)23-19-22-9-17(20)31-19)6-13(7-12)29-16-4-3-14(8-15(16)21)30(25,26)27/h3-10H,1-2H3,(H,22,23,24)(H2,25,26,27). The van der Waals surface area contributed by atoms with Crippen LogP contribution in [0.2, 0.25) is 4.34 Å². The molecule has 1 heterocycles. The molecule has 0 saturated carbocycles. The highest BCUT2D eigenvalue weighted by atomic mass is 35.5. The minimum Gasteiger partial charge on any atom is -0.491 e. The van der Waals surface area contributed by atoms with Crippen LogP contribution in [0.5, 0.6) is 17.2 Å². The lowest BCUT2D eigenvalue weighted by molar-refractivity contribution is 0.102. The highest BCUT2D eigenvalue weighted by Crippen LogP contribution is 2.36. The zero-order valence-corrected chi connectivity index (χ0v) is 18.7. The molecule has 164 valence electrons. The van der Waals surface area contributed by atoms with Crippen molar-refractivity contribution >= 4 is 46.9 Å². The molecular weight excluding hydrogens is 470 g/mol. The molecule has 1 amide bonds. The van der Waals surface area contributed by atoms with Gasteiger partial charge in [0, 0.05) is 11.6 Å². The van der Waals surface area contributed by atoms with Crippen molar-refractivity contribution in [3.05, 3.63) is 58.3 Å². The third-order valence-electron chi connectivity index (χ3n) is 3.69. The van der Waals surface area contributed by atoms with Crippen LogP contribution in [0.1, 0.15) is 24.2 Å². The van der Waals surface area contributed by atoms with E-state index in [1.165, 1.54) is 24.4 Å². The van der Waals surface area contributed by atoms with Crippen LogP contribution in [0.25, 0.3) is 0 Å². The Bertz CT molecular complexity index is 1170. The first-order chi connectivity index (χ1) is 14.5. The van der Waals surface area contributed by atoms with E-state index in [4.69, 9.17) is 30.9 Å². The van der Waals surface area contributed by atoms with Gasteiger partial charge >= 0.3 is 7.60 Å². The van der Waals surface area contributed by atoms with E-state index in [-0.39, 0.29) is 23.2 Å². The number of ether oxygens (including phenoxy) is 2. The smallest absolute Gasteiger partial charge is 0.356 e. The Morgan fingerprint density at radius 3 is 2.52 bits per heavy atom. The Hall–Kier alpha value is -2.49. The van der Waals surface area contributed by atoms with Gasteiger partial charge in [-0.15, -0.1) is 0 Å². The topological polar surface area (TPSA) is 118 Å². The first-order valence-electron chi connectivity index (χ1n) is 8.79. The second kappa shape index (κ2) is 9.33. The highest BCUT2D eigenvalue weighted by Gasteiger charge is 2.20. The van der Waals surface area contributed by atoms with Gasteiger partial charge in [0.15, 0.2) is 16.7 Å². The largest absolute Gasteiger partial charge is 0.491 e. The molecule has 0 aliphatic rings. The predicted molar refractivity (Wildman–Crippen MR) is 115 cm³/mol. The van der Waals surface area contributed by atoms with Crippen molar-refractivity contribution in [2.24, 2.45) is 0 Å². The maximum atomic E-state index is 14.3. The van der Waals surface area contributed by atoms with Crippen LogP contribution in [0.15, 0.2) is 42.6 Å². The average molecular weight is 487 g/mol. The van der Waals surface area contributed by atoms with E-state index >= 15 is 0 Å². The van der Waals surface area contributed by atoms with Gasteiger partial charge in [-0.05, 0) is 44.2 Å². The van der Waals surface area contributed by atoms with E-state index in [1.54, 1.807) is 13.8 Å². The summed E-state index contributed by atoms with van der Waals surface area (Å²) in [5.74, 6) is -1.37. The molecule has 0 unspecified atom stereocenters. The Balaban J connectivity index is 1.91. The summed E-state index contributed by atoms with van der Waals surface area (Å²) < 4.78 is 37.2. The molecule has 1 aromatic heterocycles. The number of aromatic nitrogens is 1. The lowest BCUT2D eigenvalue weighted by Gasteiger charge is -2.14. The van der Waals surface area contributed by atoms with Crippen LogP contribution in [-0.4, -0.2) is 26.8 Å². The molecule has 0 bridgehead atoms. The number of nitrogens with zero attached hydrogens (tertiary/aromatic N) is 1. The van der Waals surface area contributed by atoms with Gasteiger partial charge in [-0.2, -0.15) is 0 Å². The highest BCUT2D eigenvalue weighted by molar-refractivity contribution is 7.60. The number of carbonyl (C=O) groups excluding carboxylic acids is 1. The molecule has 0 radical (unpaired) electrons. The van der Waals surface area contributed by atoms with Gasteiger partial charge in [0.1, 0.15) is 15.8 Å². The SMILES string of the molecule is CC(C)Oc1cc(Oc2ccc(P(=O)(O)O)cc2F)cc(C(=O)Nc2ncc(Cl)s2)c1. The zero-order valence-electron chi connectivity index (χ0n) is 16.2. The molecule has 2 aromatic carbocycles. The minimum absolute atomic E-state index is 0.0864. The van der Waals surface area contributed by atoms with E-state index in [2.05, 4.69) is 10.3 Å². The number of halogens is 2. The maximum absolute atomic E-state index is 14.3. The molecule has 0 spiro atoms. The van der Waals surface area contributed by atoms with Crippen molar-refractivity contribution in [3.63, 3.8) is 0 Å². The molecule has 3 rings (SSSR count). The number of carbonyl (C=O) groups is 1. The number of hydrogen-bond acceptors (Lipinski definition) is 6. The van der Waals surface area contributed by atoms with E-state index in [0.717, 1.165) is 23.5 Å². The number of anilines is 1. The van der Waals surface area contributed by atoms with Gasteiger partial charge in [0.25, 0.3) is 5.91 Å². The predicted octanol–water partition coefficient (Wildman–Crippen LogP) is 4.57. The third kappa shape index (κ3) is 6.25. The van der Waals surface area contributed by atoms with Crippen LogP contribution in [0.4, 0.5) is 9.52 Å². The molecule has 12 heteroatoms. The number of amides is 1. The molecule has 0 aliphatic carbocycles. The van der Waals surface area contributed by atoms with Crippen LogP contribution >= 0.6 is 30.5 Å². The molecule has 3 N–H and O–H groups in total. The number of rotatable bonds is 7. The fourth-order valence-electron chi connectivity index (χ4n) is 2.46. The van der Waals surface area contributed by atoms with E-state index < -0.39 is 24.6 Å². The summed E-state index contributed by atoms with van der Waals surface area (Å²) in [6.07, 6.45) is 1.20. The lowest BCUT2D eigenvalue weighted by atomic mass is 10.2. The van der Waals surface area contributed by atoms with Gasteiger partial charge < -0.3 is 19.3 Å². The second-order valence-corrected chi connectivity index (χ2v) is 9.81. The summed E-state index contributed by atoms with van der Waals surface area (Å²) in [6.45, 7) is 3.59. The number of thiazole rings is 1. The monoisotopic (exact) mass is 486 g/mol. The minimum atomic E-state index is -4.61. The third-order valence-corrected chi connectivity index (χ3v) is 5.67. The van der Waals surface area contributed by atoms with Crippen molar-refractivity contribution < 1.29 is 33.0 Å². The normalized spacial score (nSPS) is 11.5. The van der Waals surface area contributed by atoms with Crippen molar-refractivity contribution in [1.29, 1.82) is 0 Å². The van der Waals surface area contributed by atoms with Gasteiger partial charge in [0.05, 0.1) is 17.6 Å². The van der Waals surface area contributed by atoms with Gasteiger partial charge in [-0.1, -0.05) is 22.9 Å². The van der Waals surface area contributed by atoms with Crippen LogP contribution in [0.3, 0.4) is 0 Å². The summed E-state index contributed by atoms with van der Waals surface area (Å²) >= 11 is 6.91. The second-order valence-electron chi connectivity index (χ2n) is 6.54. The fraction of sp³-hybridized carbons (Fsp3) is 0.158. The summed E-state index contributed by atoms with van der Waals surface area (Å²) in [6, 6.07) is 7.18. The molecule has 0 saturated heterocycles. The van der Waals surface area contributed by atoms with E-state index in [0.29, 0.717) is 21.3 Å². The van der Waals surface area contributed by atoms with Crippen molar-refractivity contribution in [1.82, 2.24) is 4.98 Å². The van der Waals surface area contributed by atoms with Crippen LogP contribution in [-0.2, 0) is 4.57 Å². The lowest BCUT2D eigenvalue weighted by Crippen LogP contribution is -2.13. The Labute approximate surface area is 185 Å². The quantitative estimate of drug-likeness (QED) is 0.419. The van der Waals surface area contributed by atoms with Crippen LogP contribution in [0, 0.1) is 5.82 Å². The molecule has 0 atom stereocenters. The average Bonchev–Trinajstić information content (AvgIpc) is 3.06. The molecule has 0 fully saturated rings. The molecular formula is C19H17ClFN2O6PS. The Morgan fingerprint density at radius 2 is 1.94 bits per heavy atom. The molecule has 31 heavy (non-hydrogen) atoms. The van der Waals surface area contributed by atoms with Crippen molar-refractivity contribution in [2.75, 3.05) is 5.32 Å². The van der Waals surface area contributed by atoms with Gasteiger partial charge in [-0.25, -0.2) is 9.37 Å². The first-order valence-corrected chi connectivity index (χ1v) is 11.6. The zero-order chi connectivity index (χ0) is 22.8. The Kier molecular flexibility index (Phi) is 6.98. The number of nitrogens with one attached hydrogen (secondary N) is 1. The molecule has 0 aliphatic heterocycles. The Morgan fingerprint density at radius 1 is 1.23 bits per heavy atom. The molecule has 3 aromatic rings. The van der Waals surface area contributed by atoms with Gasteiger partial charge in [-0.3, -0.25) is 14.7 Å². The van der Waals surface area contributed by atoms with E-state index in [9.17, 15) is 13.8 Å². The van der Waals surface area contributed by atoms with E-state index in [1.807, 2.05) is 0 Å². The first kappa shape index (κ1) is 23.2. The van der Waals surface area contributed by atoms with Crippen molar-refractivity contribution in [3.8, 4) is 17.2 Å². The summed E-state index contributed by atoms with van der Waals surface area (Å²) in [4.78, 5) is 34.9. The fourth-order valence-corrected chi connectivity index (χ4v) is 3.82. The van der Waals surface area contributed by atoms with Crippen LogP contribution < -0.4 is 20.1 Å². The van der Waals surface area contributed by atoms with Gasteiger partial charge in [0.2, 0.25) is 0 Å². The summed E-state index contributed by atoms with van der Waals surface area (Å²) in [5.41, 5.74) is 0.159. The summed E-state index contributed by atoms with van der Waals surface area (Å²) in [7, 11) is -4.61. The maximum Gasteiger partial charge on any atom is 0.356 e. The van der Waals surface area contributed by atoms with Crippen molar-refractivity contribution in [2.45, 2.75) is 20.0 Å².